The van der Waals surface area contributed by atoms with E-state index in [1.54, 1.807) is 18.2 Å². The molecule has 0 radical (unpaired) electrons. The van der Waals surface area contributed by atoms with Gasteiger partial charge in [-0.05, 0) is 24.5 Å². The number of carboxylic acids is 1. The van der Waals surface area contributed by atoms with Crippen molar-refractivity contribution >= 4 is 34.2 Å². The molecule has 1 fully saturated rings. The molecule has 0 aromatic heterocycles. The number of amides is 2. The van der Waals surface area contributed by atoms with Crippen LogP contribution < -0.4 is 15.4 Å². The van der Waals surface area contributed by atoms with Gasteiger partial charge in [0.25, 0.3) is 0 Å². The molecule has 2 aromatic rings. The molecule has 1 aliphatic rings. The number of rotatable bonds is 9. The van der Waals surface area contributed by atoms with Gasteiger partial charge < -0.3 is 20.5 Å². The van der Waals surface area contributed by atoms with Gasteiger partial charge in [0, 0.05) is 22.9 Å². The summed E-state index contributed by atoms with van der Waals surface area (Å²) >= 11 is 0. The third kappa shape index (κ3) is 5.94. The van der Waals surface area contributed by atoms with E-state index in [4.69, 9.17) is 9.84 Å². The number of benzene rings is 2. The molecule has 0 heterocycles. The van der Waals surface area contributed by atoms with Crippen LogP contribution in [0.4, 0.5) is 5.69 Å². The van der Waals surface area contributed by atoms with Crippen LogP contribution in [-0.4, -0.2) is 36.0 Å². The molecule has 0 saturated heterocycles. The second kappa shape index (κ2) is 9.91. The first-order valence-electron chi connectivity index (χ1n) is 9.96. The molecule has 7 heteroatoms. The van der Waals surface area contributed by atoms with Gasteiger partial charge in [-0.25, -0.2) is 4.79 Å². The number of anilines is 1. The smallest absolute Gasteiger partial charge is 0.341 e. The van der Waals surface area contributed by atoms with E-state index in [-0.39, 0.29) is 18.4 Å². The third-order valence-electron chi connectivity index (χ3n) is 5.21. The molecule has 3 N–H and O–H groups in total. The Morgan fingerprint density at radius 2 is 1.72 bits per heavy atom. The van der Waals surface area contributed by atoms with Gasteiger partial charge >= 0.3 is 5.97 Å². The highest BCUT2D eigenvalue weighted by atomic mass is 16.5. The van der Waals surface area contributed by atoms with E-state index in [2.05, 4.69) is 10.6 Å². The summed E-state index contributed by atoms with van der Waals surface area (Å²) in [6.07, 6.45) is 6.25. The minimum Gasteiger partial charge on any atom is -0.481 e. The first-order valence-corrected chi connectivity index (χ1v) is 9.96. The molecule has 2 aromatic carbocycles. The number of fused-ring (bicyclic) bond motifs is 1. The van der Waals surface area contributed by atoms with Crippen LogP contribution in [0.3, 0.4) is 0 Å². The number of hydrogen-bond acceptors (Lipinski definition) is 4. The lowest BCUT2D eigenvalue weighted by Crippen LogP contribution is -2.32. The Bertz CT molecular complexity index is 890. The molecule has 0 spiro atoms. The summed E-state index contributed by atoms with van der Waals surface area (Å²) in [5, 5.41) is 15.7. The fraction of sp³-hybridized carbons (Fsp3) is 0.409. The summed E-state index contributed by atoms with van der Waals surface area (Å²) in [5.41, 5.74) is 0.577. The zero-order chi connectivity index (χ0) is 20.6. The lowest BCUT2D eigenvalue weighted by Gasteiger charge is -2.13. The van der Waals surface area contributed by atoms with Crippen LogP contribution in [0.25, 0.3) is 10.8 Å². The SMILES string of the molecule is O=C(O)COc1ccc(NC(=O)CNC(=O)CCC2CCCC2)c2ccccc12. The van der Waals surface area contributed by atoms with Crippen molar-refractivity contribution in [1.82, 2.24) is 5.32 Å². The zero-order valence-electron chi connectivity index (χ0n) is 16.3. The van der Waals surface area contributed by atoms with Gasteiger partial charge in [0.1, 0.15) is 5.75 Å². The number of hydrogen-bond donors (Lipinski definition) is 3. The van der Waals surface area contributed by atoms with Crippen LogP contribution in [-0.2, 0) is 14.4 Å². The maximum absolute atomic E-state index is 12.3. The average Bonchev–Trinajstić information content (AvgIpc) is 3.23. The van der Waals surface area contributed by atoms with Crippen LogP contribution in [0.2, 0.25) is 0 Å². The summed E-state index contributed by atoms with van der Waals surface area (Å²) in [4.78, 5) is 35.0. The first kappa shape index (κ1) is 20.6. The van der Waals surface area contributed by atoms with Gasteiger partial charge in [0.15, 0.2) is 6.61 Å². The summed E-state index contributed by atoms with van der Waals surface area (Å²) in [6.45, 7) is -0.530. The van der Waals surface area contributed by atoms with Crippen LogP contribution in [0, 0.1) is 5.92 Å². The number of ether oxygens (including phenoxy) is 1. The molecule has 154 valence electrons. The summed E-state index contributed by atoms with van der Waals surface area (Å²) in [6, 6.07) is 10.5. The standard InChI is InChI=1S/C22H26N2O5/c25-20(12-9-15-5-1-2-6-15)23-13-21(26)24-18-10-11-19(29-14-22(27)28)17-8-4-3-7-16(17)18/h3-4,7-8,10-11,15H,1-2,5-6,9,12-14H2,(H,23,25)(H,24,26)(H,27,28). The zero-order valence-corrected chi connectivity index (χ0v) is 16.3. The molecule has 3 rings (SSSR count). The Morgan fingerprint density at radius 3 is 2.45 bits per heavy atom. The van der Waals surface area contributed by atoms with Crippen LogP contribution in [0.1, 0.15) is 38.5 Å². The van der Waals surface area contributed by atoms with Gasteiger partial charge in [-0.3, -0.25) is 9.59 Å². The summed E-state index contributed by atoms with van der Waals surface area (Å²) in [7, 11) is 0. The van der Waals surface area contributed by atoms with Gasteiger partial charge in [-0.15, -0.1) is 0 Å². The van der Waals surface area contributed by atoms with Crippen molar-refractivity contribution in [3.8, 4) is 5.75 Å². The molecule has 0 aliphatic heterocycles. The van der Waals surface area contributed by atoms with Crippen LogP contribution in [0.5, 0.6) is 5.75 Å². The molecule has 0 bridgehead atoms. The van der Waals surface area contributed by atoms with Crippen LogP contribution >= 0.6 is 0 Å². The number of nitrogens with one attached hydrogen (secondary N) is 2. The summed E-state index contributed by atoms with van der Waals surface area (Å²) in [5.74, 6) is -0.406. The number of aliphatic carboxylic acids is 1. The molecule has 29 heavy (non-hydrogen) atoms. The predicted molar refractivity (Wildman–Crippen MR) is 110 cm³/mol. The highest BCUT2D eigenvalue weighted by molar-refractivity contribution is 6.05. The number of carbonyl (C=O) groups is 3. The fourth-order valence-corrected chi connectivity index (χ4v) is 3.74. The molecule has 7 nitrogen and oxygen atoms in total. The minimum atomic E-state index is -1.06. The monoisotopic (exact) mass is 398 g/mol. The van der Waals surface area contributed by atoms with Crippen molar-refractivity contribution in [2.75, 3.05) is 18.5 Å². The molecule has 0 atom stereocenters. The van der Waals surface area contributed by atoms with Crippen molar-refractivity contribution in [3.05, 3.63) is 36.4 Å². The highest BCUT2D eigenvalue weighted by Crippen LogP contribution is 2.31. The Hall–Kier alpha value is -3.09. The molecule has 1 saturated carbocycles. The van der Waals surface area contributed by atoms with Crippen LogP contribution in [0.15, 0.2) is 36.4 Å². The Kier molecular flexibility index (Phi) is 7.05. The lowest BCUT2D eigenvalue weighted by molar-refractivity contribution is -0.139. The van der Waals surface area contributed by atoms with Gasteiger partial charge in [-0.1, -0.05) is 49.9 Å². The lowest BCUT2D eigenvalue weighted by atomic mass is 10.0. The normalized spacial score (nSPS) is 13.9. The molecule has 1 aliphatic carbocycles. The molecular formula is C22H26N2O5. The predicted octanol–water partition coefficient (Wildman–Crippen LogP) is 3.33. The topological polar surface area (TPSA) is 105 Å². The highest BCUT2D eigenvalue weighted by Gasteiger charge is 2.16. The van der Waals surface area contributed by atoms with E-state index < -0.39 is 12.6 Å². The van der Waals surface area contributed by atoms with Crippen molar-refractivity contribution in [2.24, 2.45) is 5.92 Å². The number of carboxylic acid groups (broad SMARTS) is 1. The van der Waals surface area contributed by atoms with Crippen molar-refractivity contribution in [1.29, 1.82) is 0 Å². The summed E-state index contributed by atoms with van der Waals surface area (Å²) < 4.78 is 5.32. The van der Waals surface area contributed by atoms with E-state index in [9.17, 15) is 14.4 Å². The van der Waals surface area contributed by atoms with E-state index in [1.165, 1.54) is 25.7 Å². The van der Waals surface area contributed by atoms with E-state index in [0.717, 1.165) is 11.8 Å². The molecular weight excluding hydrogens is 372 g/mol. The van der Waals surface area contributed by atoms with Crippen molar-refractivity contribution < 1.29 is 24.2 Å². The number of carbonyl (C=O) groups excluding carboxylic acids is 2. The Balaban J connectivity index is 1.56. The largest absolute Gasteiger partial charge is 0.481 e. The molecule has 2 amide bonds. The maximum atomic E-state index is 12.3. The fourth-order valence-electron chi connectivity index (χ4n) is 3.74. The van der Waals surface area contributed by atoms with Crippen molar-refractivity contribution in [3.63, 3.8) is 0 Å². The minimum absolute atomic E-state index is 0.0882. The Morgan fingerprint density at radius 1 is 1.00 bits per heavy atom. The third-order valence-corrected chi connectivity index (χ3v) is 5.21. The van der Waals surface area contributed by atoms with Crippen molar-refractivity contribution in [2.45, 2.75) is 38.5 Å². The molecule has 0 unspecified atom stereocenters. The van der Waals surface area contributed by atoms with Gasteiger partial charge in [0.05, 0.1) is 6.54 Å². The average molecular weight is 398 g/mol. The maximum Gasteiger partial charge on any atom is 0.341 e. The van der Waals surface area contributed by atoms with E-state index in [0.29, 0.717) is 29.2 Å². The second-order valence-corrected chi connectivity index (χ2v) is 7.35. The van der Waals surface area contributed by atoms with Gasteiger partial charge in [-0.2, -0.15) is 0 Å². The first-order chi connectivity index (χ1) is 14.0. The Labute approximate surface area is 169 Å². The van der Waals surface area contributed by atoms with E-state index >= 15 is 0 Å². The van der Waals surface area contributed by atoms with Gasteiger partial charge in [0.2, 0.25) is 11.8 Å². The quantitative estimate of drug-likeness (QED) is 0.601. The van der Waals surface area contributed by atoms with E-state index in [1.807, 2.05) is 18.2 Å². The second-order valence-electron chi connectivity index (χ2n) is 7.35.